The molecule has 1 fully saturated rings. The Labute approximate surface area is 112 Å². The maximum atomic E-state index is 3.54. The van der Waals surface area contributed by atoms with Gasteiger partial charge in [0.1, 0.15) is 0 Å². The second-order valence-corrected chi connectivity index (χ2v) is 5.81. The van der Waals surface area contributed by atoms with Gasteiger partial charge in [-0.05, 0) is 50.1 Å². The normalized spacial score (nSPS) is 28.2. The average Bonchev–Trinajstić information content (AvgIpc) is 2.41. The van der Waals surface area contributed by atoms with Crippen molar-refractivity contribution in [2.45, 2.75) is 51.5 Å². The molecule has 0 bridgehead atoms. The minimum Gasteiger partial charge on any atom is -0.317 e. The highest BCUT2D eigenvalue weighted by Gasteiger charge is 2.28. The average molecular weight is 245 g/mol. The van der Waals surface area contributed by atoms with Gasteiger partial charge in [0.2, 0.25) is 0 Å². The largest absolute Gasteiger partial charge is 0.317 e. The zero-order valence-corrected chi connectivity index (χ0v) is 11.9. The van der Waals surface area contributed by atoms with Crippen molar-refractivity contribution in [3.05, 3.63) is 35.9 Å². The second kappa shape index (κ2) is 6.94. The molecule has 1 aromatic rings. The maximum absolute atomic E-state index is 3.54. The standard InChI is InChI=1S/C17H27N/c1-3-7-14-10-11-17(18-2)16(12-14)13-15-8-5-4-6-9-15/h4-6,8-9,14,16-18H,3,7,10-13H2,1-2H3. The predicted octanol–water partition coefficient (Wildman–Crippen LogP) is 4.03. The van der Waals surface area contributed by atoms with Crippen molar-refractivity contribution < 1.29 is 0 Å². The lowest BCUT2D eigenvalue weighted by Gasteiger charge is -2.36. The molecule has 0 heterocycles. The van der Waals surface area contributed by atoms with E-state index in [9.17, 15) is 0 Å². The smallest absolute Gasteiger partial charge is 0.00957 e. The van der Waals surface area contributed by atoms with E-state index in [4.69, 9.17) is 0 Å². The van der Waals surface area contributed by atoms with Crippen LogP contribution in [0.15, 0.2) is 30.3 Å². The Hall–Kier alpha value is -0.820. The van der Waals surface area contributed by atoms with E-state index in [2.05, 4.69) is 49.6 Å². The summed E-state index contributed by atoms with van der Waals surface area (Å²) in [6.07, 6.45) is 8.19. The number of hydrogen-bond acceptors (Lipinski definition) is 1. The van der Waals surface area contributed by atoms with Crippen LogP contribution in [0.3, 0.4) is 0 Å². The minimum absolute atomic E-state index is 0.721. The van der Waals surface area contributed by atoms with Gasteiger partial charge < -0.3 is 5.32 Å². The Balaban J connectivity index is 1.98. The van der Waals surface area contributed by atoms with E-state index in [1.54, 1.807) is 0 Å². The third-order valence-corrected chi connectivity index (χ3v) is 4.50. The van der Waals surface area contributed by atoms with Gasteiger partial charge in [0, 0.05) is 6.04 Å². The molecule has 1 aliphatic carbocycles. The van der Waals surface area contributed by atoms with Crippen LogP contribution in [0.5, 0.6) is 0 Å². The van der Waals surface area contributed by atoms with Crippen LogP contribution in [0.25, 0.3) is 0 Å². The van der Waals surface area contributed by atoms with Crippen molar-refractivity contribution in [3.8, 4) is 0 Å². The monoisotopic (exact) mass is 245 g/mol. The van der Waals surface area contributed by atoms with Gasteiger partial charge in [0.15, 0.2) is 0 Å². The topological polar surface area (TPSA) is 12.0 Å². The van der Waals surface area contributed by atoms with Crippen LogP contribution in [-0.4, -0.2) is 13.1 Å². The highest BCUT2D eigenvalue weighted by Crippen LogP contribution is 2.34. The Kier molecular flexibility index (Phi) is 5.25. The van der Waals surface area contributed by atoms with Gasteiger partial charge in [-0.2, -0.15) is 0 Å². The third kappa shape index (κ3) is 3.58. The molecule has 0 aromatic heterocycles. The van der Waals surface area contributed by atoms with Gasteiger partial charge in [-0.1, -0.05) is 50.1 Å². The van der Waals surface area contributed by atoms with E-state index in [1.165, 1.54) is 44.1 Å². The maximum Gasteiger partial charge on any atom is 0.00957 e. The highest BCUT2D eigenvalue weighted by molar-refractivity contribution is 5.16. The molecule has 1 aromatic carbocycles. The van der Waals surface area contributed by atoms with Crippen LogP contribution in [-0.2, 0) is 6.42 Å². The first-order chi connectivity index (χ1) is 8.83. The van der Waals surface area contributed by atoms with Crippen LogP contribution >= 0.6 is 0 Å². The van der Waals surface area contributed by atoms with Crippen molar-refractivity contribution >= 4 is 0 Å². The molecule has 0 saturated heterocycles. The molecule has 2 rings (SSSR count). The summed E-state index contributed by atoms with van der Waals surface area (Å²) < 4.78 is 0. The van der Waals surface area contributed by atoms with Gasteiger partial charge in [-0.25, -0.2) is 0 Å². The lowest BCUT2D eigenvalue weighted by molar-refractivity contribution is 0.200. The fourth-order valence-electron chi connectivity index (χ4n) is 3.55. The van der Waals surface area contributed by atoms with E-state index in [-0.39, 0.29) is 0 Å². The molecule has 1 aliphatic rings. The third-order valence-electron chi connectivity index (χ3n) is 4.50. The van der Waals surface area contributed by atoms with Crippen molar-refractivity contribution in [2.24, 2.45) is 11.8 Å². The van der Waals surface area contributed by atoms with Crippen LogP contribution in [0.4, 0.5) is 0 Å². The first-order valence-corrected chi connectivity index (χ1v) is 7.54. The summed E-state index contributed by atoms with van der Waals surface area (Å²) >= 11 is 0. The lowest BCUT2D eigenvalue weighted by Crippen LogP contribution is -2.39. The van der Waals surface area contributed by atoms with E-state index in [0.717, 1.165) is 17.9 Å². The zero-order chi connectivity index (χ0) is 12.8. The van der Waals surface area contributed by atoms with Gasteiger partial charge in [0.05, 0.1) is 0 Å². The van der Waals surface area contributed by atoms with Gasteiger partial charge in [0.25, 0.3) is 0 Å². The Morgan fingerprint density at radius 2 is 1.94 bits per heavy atom. The van der Waals surface area contributed by atoms with Crippen LogP contribution in [0.2, 0.25) is 0 Å². The van der Waals surface area contributed by atoms with Gasteiger partial charge in [-0.15, -0.1) is 0 Å². The molecule has 0 radical (unpaired) electrons. The fraction of sp³-hybridized carbons (Fsp3) is 0.647. The summed E-state index contributed by atoms with van der Waals surface area (Å²) in [4.78, 5) is 0. The molecule has 3 unspecified atom stereocenters. The van der Waals surface area contributed by atoms with Crippen LogP contribution in [0, 0.1) is 11.8 Å². The molecule has 1 heteroatoms. The number of benzene rings is 1. The van der Waals surface area contributed by atoms with E-state index >= 15 is 0 Å². The van der Waals surface area contributed by atoms with Crippen molar-refractivity contribution in [1.29, 1.82) is 0 Å². The molecule has 0 aliphatic heterocycles. The fourth-order valence-corrected chi connectivity index (χ4v) is 3.55. The van der Waals surface area contributed by atoms with E-state index in [1.807, 2.05) is 0 Å². The molecular weight excluding hydrogens is 218 g/mol. The SMILES string of the molecule is CCCC1CCC(NC)C(Cc2ccccc2)C1. The summed E-state index contributed by atoms with van der Waals surface area (Å²) in [5.74, 6) is 1.79. The molecule has 0 amide bonds. The Morgan fingerprint density at radius 1 is 1.17 bits per heavy atom. The van der Waals surface area contributed by atoms with E-state index in [0.29, 0.717) is 0 Å². The quantitative estimate of drug-likeness (QED) is 0.825. The summed E-state index contributed by atoms with van der Waals surface area (Å²) in [5, 5.41) is 3.54. The second-order valence-electron chi connectivity index (χ2n) is 5.81. The molecule has 3 atom stereocenters. The zero-order valence-electron chi connectivity index (χ0n) is 11.9. The summed E-state index contributed by atoms with van der Waals surface area (Å²) in [6.45, 7) is 2.32. The van der Waals surface area contributed by atoms with Crippen molar-refractivity contribution in [3.63, 3.8) is 0 Å². The minimum atomic E-state index is 0.721. The van der Waals surface area contributed by atoms with E-state index < -0.39 is 0 Å². The number of hydrogen-bond donors (Lipinski definition) is 1. The Morgan fingerprint density at radius 3 is 2.61 bits per heavy atom. The first kappa shape index (κ1) is 13.6. The van der Waals surface area contributed by atoms with Gasteiger partial charge in [-0.3, -0.25) is 0 Å². The number of rotatable bonds is 5. The number of nitrogens with one attached hydrogen (secondary N) is 1. The Bertz CT molecular complexity index is 333. The molecule has 1 saturated carbocycles. The van der Waals surface area contributed by atoms with Crippen molar-refractivity contribution in [2.75, 3.05) is 7.05 Å². The van der Waals surface area contributed by atoms with Crippen LogP contribution < -0.4 is 5.32 Å². The van der Waals surface area contributed by atoms with Crippen molar-refractivity contribution in [1.82, 2.24) is 5.32 Å². The molecule has 0 spiro atoms. The lowest BCUT2D eigenvalue weighted by atomic mass is 9.74. The van der Waals surface area contributed by atoms with Crippen LogP contribution in [0.1, 0.15) is 44.6 Å². The summed E-state index contributed by atoms with van der Waals surface area (Å²) in [7, 11) is 2.13. The first-order valence-electron chi connectivity index (χ1n) is 7.54. The molecule has 18 heavy (non-hydrogen) atoms. The molecule has 1 N–H and O–H groups in total. The predicted molar refractivity (Wildman–Crippen MR) is 78.7 cm³/mol. The summed E-state index contributed by atoms with van der Waals surface area (Å²) in [5.41, 5.74) is 1.50. The molecular formula is C17H27N. The highest BCUT2D eigenvalue weighted by atomic mass is 14.9. The summed E-state index contributed by atoms with van der Waals surface area (Å²) in [6, 6.07) is 11.7. The molecule has 100 valence electrons. The van der Waals surface area contributed by atoms with Gasteiger partial charge >= 0.3 is 0 Å². The molecule has 1 nitrogen and oxygen atoms in total.